The number of anilines is 1. The van der Waals surface area contributed by atoms with E-state index < -0.39 is 17.7 Å². The third kappa shape index (κ3) is 3.78. The van der Waals surface area contributed by atoms with Crippen LogP contribution in [-0.4, -0.2) is 17.0 Å². The molecule has 0 bridgehead atoms. The van der Waals surface area contributed by atoms with Crippen LogP contribution in [0.3, 0.4) is 0 Å². The molecule has 1 N–H and O–H groups in total. The molecule has 0 radical (unpaired) electrons. The molecule has 1 amide bonds. The zero-order valence-corrected chi connectivity index (χ0v) is 16.1. The van der Waals surface area contributed by atoms with Crippen LogP contribution < -0.4 is 4.90 Å². The molecule has 0 fully saturated rings. The van der Waals surface area contributed by atoms with E-state index >= 15 is 0 Å². The lowest BCUT2D eigenvalue weighted by atomic mass is 10.1. The minimum atomic E-state index is -4.45. The van der Waals surface area contributed by atoms with E-state index in [0.29, 0.717) is 21.7 Å². The van der Waals surface area contributed by atoms with E-state index in [1.54, 1.807) is 30.3 Å². The number of carbonyl (C=O) groups is 2. The van der Waals surface area contributed by atoms with Crippen LogP contribution in [0, 0.1) is 0 Å². The monoisotopic (exact) mass is 429 g/mol. The van der Waals surface area contributed by atoms with Crippen LogP contribution in [0.2, 0.25) is 0 Å². The molecule has 1 heterocycles. The molecule has 3 aromatic carbocycles. The van der Waals surface area contributed by atoms with Crippen molar-refractivity contribution in [3.63, 3.8) is 0 Å². The molecule has 152 valence electrons. The number of benzene rings is 3. The maximum absolute atomic E-state index is 13.3. The number of hydrogen-bond acceptors (Lipinski definition) is 3. The standard InChI is InChI=1S/C22H14F3NO3S/c23-22(24,25)15-8-5-13(6-9-15)12-26-17-11-14(21(28)29)7-10-19(17)30-18-4-2-1-3-16(18)20(26)27/h1-11H,12H2,(H,28,29). The number of hydrogen-bond donors (Lipinski definition) is 1. The van der Waals surface area contributed by atoms with Crippen molar-refractivity contribution in [3.05, 3.63) is 89.0 Å². The number of alkyl halides is 3. The van der Waals surface area contributed by atoms with E-state index in [1.807, 2.05) is 0 Å². The van der Waals surface area contributed by atoms with Gasteiger partial charge in [0.05, 0.1) is 28.9 Å². The number of carboxylic acid groups (broad SMARTS) is 1. The van der Waals surface area contributed by atoms with Gasteiger partial charge in [-0.1, -0.05) is 36.0 Å². The molecule has 0 aromatic heterocycles. The Morgan fingerprint density at radius 1 is 0.967 bits per heavy atom. The van der Waals surface area contributed by atoms with Gasteiger partial charge in [-0.3, -0.25) is 4.79 Å². The Hall–Kier alpha value is -3.26. The minimum absolute atomic E-state index is 0.00192. The third-order valence-corrected chi connectivity index (χ3v) is 5.84. The summed E-state index contributed by atoms with van der Waals surface area (Å²) in [4.78, 5) is 27.6. The van der Waals surface area contributed by atoms with Gasteiger partial charge in [0.1, 0.15) is 0 Å². The number of halogens is 3. The maximum Gasteiger partial charge on any atom is 0.416 e. The first kappa shape index (κ1) is 20.0. The summed E-state index contributed by atoms with van der Waals surface area (Å²) in [5.41, 5.74) is 0.587. The lowest BCUT2D eigenvalue weighted by Crippen LogP contribution is -2.30. The predicted molar refractivity (Wildman–Crippen MR) is 106 cm³/mol. The van der Waals surface area contributed by atoms with Crippen molar-refractivity contribution in [1.82, 2.24) is 0 Å². The predicted octanol–water partition coefficient (Wildman–Crippen LogP) is 5.72. The number of amides is 1. The number of carboxylic acids is 1. The van der Waals surface area contributed by atoms with E-state index in [2.05, 4.69) is 0 Å². The van der Waals surface area contributed by atoms with Gasteiger partial charge in [-0.15, -0.1) is 0 Å². The number of carbonyl (C=O) groups excluding carboxylic acids is 1. The van der Waals surface area contributed by atoms with Crippen molar-refractivity contribution < 1.29 is 27.9 Å². The molecule has 4 rings (SSSR count). The normalized spacial score (nSPS) is 13.4. The molecule has 30 heavy (non-hydrogen) atoms. The Labute approximate surface area is 173 Å². The van der Waals surface area contributed by atoms with Crippen molar-refractivity contribution in [2.75, 3.05) is 4.90 Å². The summed E-state index contributed by atoms with van der Waals surface area (Å²) in [7, 11) is 0. The second-order valence-corrected chi connectivity index (χ2v) is 7.76. The Kier molecular flexibility index (Phi) is 5.03. The summed E-state index contributed by atoms with van der Waals surface area (Å²) in [6.45, 7) is 0.00192. The molecule has 0 unspecified atom stereocenters. The number of nitrogens with zero attached hydrogens (tertiary/aromatic N) is 1. The van der Waals surface area contributed by atoms with Crippen LogP contribution in [0.25, 0.3) is 0 Å². The summed E-state index contributed by atoms with van der Waals surface area (Å²) in [6.07, 6.45) is -4.45. The average molecular weight is 429 g/mol. The van der Waals surface area contributed by atoms with Gasteiger partial charge in [-0.25, -0.2) is 4.79 Å². The van der Waals surface area contributed by atoms with Crippen molar-refractivity contribution in [3.8, 4) is 0 Å². The van der Waals surface area contributed by atoms with Gasteiger partial charge in [-0.05, 0) is 48.0 Å². The van der Waals surface area contributed by atoms with Crippen LogP contribution >= 0.6 is 11.8 Å². The second kappa shape index (κ2) is 7.53. The second-order valence-electron chi connectivity index (χ2n) is 6.67. The third-order valence-electron chi connectivity index (χ3n) is 4.70. The molecule has 0 spiro atoms. The van der Waals surface area contributed by atoms with E-state index in [0.717, 1.165) is 17.0 Å². The molecule has 0 saturated heterocycles. The Morgan fingerprint density at radius 3 is 2.33 bits per heavy atom. The van der Waals surface area contributed by atoms with Crippen LogP contribution in [0.5, 0.6) is 0 Å². The van der Waals surface area contributed by atoms with Crippen molar-refractivity contribution in [1.29, 1.82) is 0 Å². The van der Waals surface area contributed by atoms with E-state index in [4.69, 9.17) is 0 Å². The van der Waals surface area contributed by atoms with E-state index in [-0.39, 0.29) is 18.0 Å². The molecule has 0 aliphatic carbocycles. The Morgan fingerprint density at radius 2 is 1.67 bits per heavy atom. The lowest BCUT2D eigenvalue weighted by molar-refractivity contribution is -0.137. The number of aromatic carboxylic acids is 1. The van der Waals surface area contributed by atoms with Gasteiger partial charge in [0, 0.05) is 9.79 Å². The number of fused-ring (bicyclic) bond motifs is 2. The molecule has 8 heteroatoms. The fourth-order valence-electron chi connectivity index (χ4n) is 3.19. The van der Waals surface area contributed by atoms with Gasteiger partial charge in [0.15, 0.2) is 0 Å². The van der Waals surface area contributed by atoms with Crippen LogP contribution in [0.4, 0.5) is 18.9 Å². The molecule has 1 aliphatic heterocycles. The van der Waals surface area contributed by atoms with Crippen LogP contribution in [0.15, 0.2) is 76.5 Å². The van der Waals surface area contributed by atoms with Gasteiger partial charge in [-0.2, -0.15) is 13.2 Å². The molecule has 0 atom stereocenters. The van der Waals surface area contributed by atoms with Gasteiger partial charge >= 0.3 is 12.1 Å². The average Bonchev–Trinajstić information content (AvgIpc) is 2.82. The first-order valence-electron chi connectivity index (χ1n) is 8.86. The lowest BCUT2D eigenvalue weighted by Gasteiger charge is -2.23. The molecule has 4 nitrogen and oxygen atoms in total. The van der Waals surface area contributed by atoms with E-state index in [1.165, 1.54) is 40.9 Å². The van der Waals surface area contributed by atoms with Gasteiger partial charge < -0.3 is 10.0 Å². The van der Waals surface area contributed by atoms with Crippen molar-refractivity contribution >= 4 is 29.3 Å². The number of rotatable bonds is 3. The summed E-state index contributed by atoms with van der Waals surface area (Å²) < 4.78 is 38.6. The van der Waals surface area contributed by atoms with Crippen molar-refractivity contribution in [2.45, 2.75) is 22.5 Å². The molecule has 1 aliphatic rings. The summed E-state index contributed by atoms with van der Waals surface area (Å²) in [6, 6.07) is 16.1. The van der Waals surface area contributed by atoms with Gasteiger partial charge in [0.25, 0.3) is 5.91 Å². The highest BCUT2D eigenvalue weighted by Gasteiger charge is 2.31. The summed E-state index contributed by atoms with van der Waals surface area (Å²) in [5, 5.41) is 9.36. The first-order valence-corrected chi connectivity index (χ1v) is 9.68. The minimum Gasteiger partial charge on any atom is -0.478 e. The highest BCUT2D eigenvalue weighted by atomic mass is 32.2. The highest BCUT2D eigenvalue weighted by Crippen LogP contribution is 2.42. The van der Waals surface area contributed by atoms with Crippen LogP contribution in [-0.2, 0) is 12.7 Å². The Bertz CT molecular complexity index is 1140. The zero-order chi connectivity index (χ0) is 21.5. The fourth-order valence-corrected chi connectivity index (χ4v) is 4.25. The fraction of sp³-hybridized carbons (Fsp3) is 0.0909. The summed E-state index contributed by atoms with van der Waals surface area (Å²) in [5.74, 6) is -1.48. The van der Waals surface area contributed by atoms with Gasteiger partial charge in [0.2, 0.25) is 0 Å². The summed E-state index contributed by atoms with van der Waals surface area (Å²) >= 11 is 1.34. The first-order chi connectivity index (χ1) is 14.2. The molecular formula is C22H14F3NO3S. The molecule has 3 aromatic rings. The Balaban J connectivity index is 1.79. The van der Waals surface area contributed by atoms with E-state index in [9.17, 15) is 27.9 Å². The SMILES string of the molecule is O=C(O)c1ccc2c(c1)N(Cc1ccc(C(F)(F)F)cc1)C(=O)c1ccccc1S2. The maximum atomic E-state index is 13.3. The largest absolute Gasteiger partial charge is 0.478 e. The highest BCUT2D eigenvalue weighted by molar-refractivity contribution is 7.99. The quantitative estimate of drug-likeness (QED) is 0.579. The zero-order valence-electron chi connectivity index (χ0n) is 15.3. The smallest absolute Gasteiger partial charge is 0.416 e. The van der Waals surface area contributed by atoms with Crippen LogP contribution in [0.1, 0.15) is 31.8 Å². The van der Waals surface area contributed by atoms with Crippen molar-refractivity contribution in [2.24, 2.45) is 0 Å². The molecule has 0 saturated carbocycles. The topological polar surface area (TPSA) is 57.6 Å². The molecular weight excluding hydrogens is 415 g/mol.